The number of imide groups is 4. The van der Waals surface area contributed by atoms with Crippen LogP contribution in [0.2, 0.25) is 0 Å². The van der Waals surface area contributed by atoms with Gasteiger partial charge in [0.05, 0.1) is 51.7 Å². The van der Waals surface area contributed by atoms with E-state index in [-0.39, 0.29) is 90.8 Å². The second-order valence-electron chi connectivity index (χ2n) is 23.9. The van der Waals surface area contributed by atoms with Gasteiger partial charge in [-0.05, 0) is 52.8 Å². The summed E-state index contributed by atoms with van der Waals surface area (Å²) in [5, 5.41) is 32.1. The van der Waals surface area contributed by atoms with Crippen molar-refractivity contribution in [1.29, 1.82) is 10.5 Å². The molecule has 0 fully saturated rings. The summed E-state index contributed by atoms with van der Waals surface area (Å²) < 4.78 is 49.4. The van der Waals surface area contributed by atoms with Crippen LogP contribution in [0.3, 0.4) is 0 Å². The van der Waals surface area contributed by atoms with Gasteiger partial charge >= 0.3 is 47.3 Å². The van der Waals surface area contributed by atoms with Crippen molar-refractivity contribution in [3.63, 3.8) is 0 Å². The van der Waals surface area contributed by atoms with Crippen molar-refractivity contribution in [1.82, 2.24) is 9.80 Å². The number of carbonyl (C=O) groups excluding carboxylic acids is 9. The molecule has 1 N–H and O–H groups in total. The monoisotopic (exact) mass is 1490 g/mol. The number of thiophene rings is 4. The standard InChI is InChI=1S/C78H52N6O18S4/c1-43-51(35-79)67(85)83(75(93)99-41-49-29-17-7-18-30-49)69(87)59(43)81-55-33-53-61(103-55)63-57(77(101-53,71(89)95-37-45-21-9-3-10-22-45)72(90)96-38-46-23-11-4-12-24-46)65-66(105-63)58-64(106-65)62-54(102-78(58,73(91)97-39-47-25-13-5-14-26-47)74(92)98-40-48-27-15-6-16-28-48)34-56(104-62)82-60-44(2)52(36-80)68(86)84(70(60)88)76(94)100-42-50-31-19-8-20-32-50/h3-34,67,85H,37-42H2,1-2H3/b81-59-,82-60-. The number of aliphatic hydroxyl groups excluding tert-OH is 1. The molecule has 4 aliphatic rings. The summed E-state index contributed by atoms with van der Waals surface area (Å²) >= 11 is 3.41. The number of ether oxygens (including phenoxy) is 8. The van der Waals surface area contributed by atoms with Crippen LogP contribution in [0.4, 0.5) is 19.6 Å². The number of aliphatic imine (C=N–C) groups is 2. The van der Waals surface area contributed by atoms with Gasteiger partial charge in [-0.15, -0.1) is 45.3 Å². The minimum atomic E-state index is -3.01. The van der Waals surface area contributed by atoms with Crippen molar-refractivity contribution in [2.75, 3.05) is 0 Å². The van der Waals surface area contributed by atoms with E-state index in [2.05, 4.69) is 4.99 Å². The van der Waals surface area contributed by atoms with Crippen molar-refractivity contribution >= 4 is 130 Å². The van der Waals surface area contributed by atoms with Crippen LogP contribution in [0.15, 0.2) is 226 Å². The van der Waals surface area contributed by atoms with E-state index in [4.69, 9.17) is 42.9 Å². The molecule has 10 aromatic rings. The summed E-state index contributed by atoms with van der Waals surface area (Å²) in [6.45, 7) is 0.219. The maximum absolute atomic E-state index is 16.0. The molecule has 6 aromatic carbocycles. The van der Waals surface area contributed by atoms with Gasteiger partial charge in [-0.1, -0.05) is 182 Å². The predicted molar refractivity (Wildman–Crippen MR) is 385 cm³/mol. The molecule has 14 rings (SSSR count). The van der Waals surface area contributed by atoms with E-state index < -0.39 is 120 Å². The third kappa shape index (κ3) is 13.0. The van der Waals surface area contributed by atoms with E-state index in [1.807, 2.05) is 6.07 Å². The van der Waals surface area contributed by atoms with Crippen LogP contribution in [-0.4, -0.2) is 86.3 Å². The molecule has 0 radical (unpaired) electrons. The fourth-order valence-electron chi connectivity index (χ4n) is 11.9. The lowest BCUT2D eigenvalue weighted by atomic mass is 9.88. The third-order valence-corrected chi connectivity index (χ3v) is 22.1. The average molecular weight is 1490 g/mol. The highest BCUT2D eigenvalue weighted by Gasteiger charge is 2.64. The van der Waals surface area contributed by atoms with E-state index in [1.54, 1.807) is 188 Å². The van der Waals surface area contributed by atoms with Gasteiger partial charge in [0.1, 0.15) is 84.2 Å². The number of fused-ring (bicyclic) bond motifs is 9. The van der Waals surface area contributed by atoms with Crippen molar-refractivity contribution in [3.8, 4) is 43.1 Å². The highest BCUT2D eigenvalue weighted by atomic mass is 32.1. The largest absolute Gasteiger partial charge is 0.458 e. The van der Waals surface area contributed by atoms with E-state index in [0.717, 1.165) is 45.3 Å². The molecular weight excluding hydrogens is 1440 g/mol. The molecule has 4 aromatic heterocycles. The highest BCUT2D eigenvalue weighted by molar-refractivity contribution is 7.35. The van der Waals surface area contributed by atoms with E-state index in [0.29, 0.717) is 38.3 Å². The number of hydrogen-bond acceptors (Lipinski definition) is 26. The Morgan fingerprint density at radius 3 is 1.11 bits per heavy atom. The Morgan fingerprint density at radius 2 is 0.774 bits per heavy atom. The van der Waals surface area contributed by atoms with E-state index in [1.165, 1.54) is 26.0 Å². The number of esters is 4. The molecule has 1 atom stereocenters. The Labute approximate surface area is 617 Å². The number of hydrogen-bond donors (Lipinski definition) is 1. The van der Waals surface area contributed by atoms with Gasteiger partial charge in [0.15, 0.2) is 6.23 Å². The second-order valence-corrected chi connectivity index (χ2v) is 28.0. The SMILES string of the molecule is CC1=C(C#N)C(=O)N(C(=O)OCc2ccccc2)C(=O)/C1=N\c1cc2c(s1)-c1sc3c4c(sc3c1C(C(=O)OCc1ccccc1)(C(=O)OCc1ccccc1)O2)-c1sc(/N=C2\C(=O)N(C(=O)OCc3ccccc3)C(O)C(C#N)=C2C)cc1OC4(C(=O)OCc1ccccc1)C(=O)OCc1ccccc1. The molecule has 28 heteroatoms. The minimum Gasteiger partial charge on any atom is -0.458 e. The van der Waals surface area contributed by atoms with Crippen LogP contribution in [0.1, 0.15) is 58.4 Å². The van der Waals surface area contributed by atoms with E-state index >= 15 is 19.2 Å². The third-order valence-electron chi connectivity index (χ3n) is 17.2. The lowest BCUT2D eigenvalue weighted by molar-refractivity contribution is -0.184. The van der Waals surface area contributed by atoms with Crippen LogP contribution in [0, 0.1) is 22.7 Å². The lowest BCUT2D eigenvalue weighted by Crippen LogP contribution is -2.52. The average Bonchev–Trinajstić information content (AvgIpc) is 1.51. The van der Waals surface area contributed by atoms with Crippen LogP contribution in [0.5, 0.6) is 11.5 Å². The lowest BCUT2D eigenvalue weighted by Gasteiger charge is -2.33. The van der Waals surface area contributed by atoms with Gasteiger partial charge in [0.25, 0.3) is 17.7 Å². The predicted octanol–water partition coefficient (Wildman–Crippen LogP) is 13.6. The quantitative estimate of drug-likeness (QED) is 0.0361. The number of aliphatic hydroxyl groups is 1. The first-order valence-electron chi connectivity index (χ1n) is 32.2. The molecular formula is C78H52N6O18S4. The summed E-state index contributed by atoms with van der Waals surface area (Å²) in [6, 6.07) is 57.1. The molecule has 5 amide bonds. The summed E-state index contributed by atoms with van der Waals surface area (Å²) in [7, 11) is 0. The van der Waals surface area contributed by atoms with Crippen LogP contribution >= 0.6 is 45.3 Å². The fourth-order valence-corrected chi connectivity index (χ4v) is 17.2. The first-order valence-corrected chi connectivity index (χ1v) is 35.5. The number of nitrogens with zero attached hydrogens (tertiary/aromatic N) is 6. The van der Waals surface area contributed by atoms with Crippen molar-refractivity contribution in [2.45, 2.75) is 70.9 Å². The summed E-state index contributed by atoms with van der Waals surface area (Å²) in [6.07, 6.45) is -4.80. The molecule has 106 heavy (non-hydrogen) atoms. The molecule has 1 unspecified atom stereocenters. The normalized spacial score (nSPS) is 16.1. The Balaban J connectivity index is 0.986. The number of benzene rings is 6. The summed E-state index contributed by atoms with van der Waals surface area (Å²) in [5.74, 6) is -9.44. The molecule has 24 nitrogen and oxygen atoms in total. The molecule has 0 aliphatic carbocycles. The van der Waals surface area contributed by atoms with Gasteiger partial charge in [-0.3, -0.25) is 14.4 Å². The van der Waals surface area contributed by atoms with Gasteiger partial charge in [-0.25, -0.2) is 43.7 Å². The number of nitriles is 2. The Hall–Kier alpha value is -12.8. The molecule has 0 saturated heterocycles. The molecule has 0 saturated carbocycles. The molecule has 0 spiro atoms. The van der Waals surface area contributed by atoms with Gasteiger partial charge in [0, 0.05) is 17.7 Å². The zero-order valence-corrected chi connectivity index (χ0v) is 58.8. The fraction of sp³-hybridized carbons (Fsp3) is 0.141. The maximum atomic E-state index is 16.0. The van der Waals surface area contributed by atoms with Crippen molar-refractivity contribution in [3.05, 3.63) is 261 Å². The Morgan fingerprint density at radius 1 is 0.443 bits per heavy atom. The molecule has 8 heterocycles. The Bertz CT molecular complexity index is 5370. The first kappa shape index (κ1) is 70.2. The topological polar surface area (TPSA) is 326 Å². The van der Waals surface area contributed by atoms with Gasteiger partial charge < -0.3 is 43.0 Å². The van der Waals surface area contributed by atoms with E-state index in [9.17, 15) is 39.6 Å². The van der Waals surface area contributed by atoms with Crippen LogP contribution in [0.25, 0.3) is 28.9 Å². The molecule has 0 bridgehead atoms. The van der Waals surface area contributed by atoms with Crippen molar-refractivity contribution < 1.29 is 86.2 Å². The smallest absolute Gasteiger partial charge is 0.424 e. The van der Waals surface area contributed by atoms with Crippen LogP contribution in [-0.2, 0) is 113 Å². The van der Waals surface area contributed by atoms with Crippen LogP contribution < -0.4 is 9.47 Å². The van der Waals surface area contributed by atoms with Crippen molar-refractivity contribution in [2.24, 2.45) is 9.98 Å². The zero-order valence-electron chi connectivity index (χ0n) is 55.5. The Kier molecular flexibility index (Phi) is 19.5. The molecule has 526 valence electrons. The minimum absolute atomic E-state index is 0.000605. The summed E-state index contributed by atoms with van der Waals surface area (Å²) in [5.41, 5.74) is -5.91. The molecule has 4 aliphatic heterocycles. The second kappa shape index (κ2) is 29.5. The number of carbonyl (C=O) groups is 9. The maximum Gasteiger partial charge on any atom is 0.424 e. The van der Waals surface area contributed by atoms with Gasteiger partial charge in [0.2, 0.25) is 0 Å². The number of rotatable bonds is 18. The zero-order chi connectivity index (χ0) is 74.0. The first-order chi connectivity index (χ1) is 51.4. The highest BCUT2D eigenvalue weighted by Crippen LogP contribution is 2.65. The summed E-state index contributed by atoms with van der Waals surface area (Å²) in [4.78, 5) is 145. The number of amides is 5. The van der Waals surface area contributed by atoms with Gasteiger partial charge in [-0.2, -0.15) is 15.4 Å².